The standard InChI is InChI=1S/C28H19F3/c1-2-3-4-19-5-9-21(10-6-19)23-14-13-22(26(29)16-23)11-7-20-8-12-24-17-27(30)28(31)18-25(24)15-20/h2,5-6,8-10,12-18H,1,3-4H2. The molecule has 0 aliphatic heterocycles. The van der Waals surface area contributed by atoms with E-state index in [1.54, 1.807) is 24.3 Å². The summed E-state index contributed by atoms with van der Waals surface area (Å²) in [5.74, 6) is 3.52. The fraction of sp³-hybridized carbons (Fsp3) is 0.0714. The third-order valence-corrected chi connectivity index (χ3v) is 5.11. The van der Waals surface area contributed by atoms with Crippen LogP contribution < -0.4 is 0 Å². The Morgan fingerprint density at radius 2 is 1.39 bits per heavy atom. The Hall–Kier alpha value is -3.77. The smallest absolute Gasteiger partial charge is 0.159 e. The largest absolute Gasteiger partial charge is 0.206 e. The topological polar surface area (TPSA) is 0 Å². The predicted molar refractivity (Wildman–Crippen MR) is 120 cm³/mol. The van der Waals surface area contributed by atoms with E-state index in [2.05, 4.69) is 18.4 Å². The molecule has 0 spiro atoms. The van der Waals surface area contributed by atoms with Crippen LogP contribution in [0, 0.1) is 29.3 Å². The van der Waals surface area contributed by atoms with Gasteiger partial charge in [-0.2, -0.15) is 0 Å². The molecular weight excluding hydrogens is 393 g/mol. The summed E-state index contributed by atoms with van der Waals surface area (Å²) in [7, 11) is 0. The van der Waals surface area contributed by atoms with Gasteiger partial charge in [0.25, 0.3) is 0 Å². The summed E-state index contributed by atoms with van der Waals surface area (Å²) in [6, 6.07) is 20.3. The molecule has 0 bridgehead atoms. The molecule has 0 aromatic heterocycles. The van der Waals surface area contributed by atoms with E-state index in [4.69, 9.17) is 0 Å². The average Bonchev–Trinajstić information content (AvgIpc) is 2.78. The van der Waals surface area contributed by atoms with E-state index in [0.29, 0.717) is 16.3 Å². The Kier molecular flexibility index (Phi) is 5.91. The Morgan fingerprint density at radius 1 is 0.677 bits per heavy atom. The summed E-state index contributed by atoms with van der Waals surface area (Å²) in [6.45, 7) is 3.73. The van der Waals surface area contributed by atoms with Gasteiger partial charge in [0.2, 0.25) is 0 Å². The molecule has 0 aliphatic rings. The molecule has 0 radical (unpaired) electrons. The van der Waals surface area contributed by atoms with Gasteiger partial charge < -0.3 is 0 Å². The molecule has 0 amide bonds. The van der Waals surface area contributed by atoms with Gasteiger partial charge in [0.15, 0.2) is 11.6 Å². The van der Waals surface area contributed by atoms with Gasteiger partial charge >= 0.3 is 0 Å². The average molecular weight is 412 g/mol. The van der Waals surface area contributed by atoms with Crippen molar-refractivity contribution >= 4 is 10.8 Å². The fourth-order valence-electron chi connectivity index (χ4n) is 3.39. The van der Waals surface area contributed by atoms with E-state index in [9.17, 15) is 13.2 Å². The van der Waals surface area contributed by atoms with E-state index in [0.717, 1.165) is 36.1 Å². The maximum absolute atomic E-state index is 14.6. The first-order chi connectivity index (χ1) is 15.0. The molecule has 0 saturated heterocycles. The van der Waals surface area contributed by atoms with Gasteiger partial charge in [0.05, 0.1) is 5.56 Å². The van der Waals surface area contributed by atoms with E-state index < -0.39 is 17.5 Å². The lowest BCUT2D eigenvalue weighted by Crippen LogP contribution is -1.88. The molecule has 4 aromatic rings. The second kappa shape index (κ2) is 8.93. The van der Waals surface area contributed by atoms with Gasteiger partial charge in [-0.3, -0.25) is 0 Å². The van der Waals surface area contributed by atoms with Crippen molar-refractivity contribution in [2.75, 3.05) is 0 Å². The van der Waals surface area contributed by atoms with E-state index in [1.165, 1.54) is 11.6 Å². The Bertz CT molecular complexity index is 1320. The van der Waals surface area contributed by atoms with Crippen LogP contribution >= 0.6 is 0 Å². The summed E-state index contributed by atoms with van der Waals surface area (Å²) in [6.07, 6.45) is 3.74. The Balaban J connectivity index is 1.57. The van der Waals surface area contributed by atoms with Crippen LogP contribution in [0.25, 0.3) is 21.9 Å². The van der Waals surface area contributed by atoms with Gasteiger partial charge in [-0.15, -0.1) is 6.58 Å². The minimum absolute atomic E-state index is 0.275. The van der Waals surface area contributed by atoms with Gasteiger partial charge in [-0.1, -0.05) is 54.3 Å². The van der Waals surface area contributed by atoms with E-state index >= 15 is 0 Å². The van der Waals surface area contributed by atoms with Crippen molar-refractivity contribution in [1.29, 1.82) is 0 Å². The fourth-order valence-corrected chi connectivity index (χ4v) is 3.39. The van der Waals surface area contributed by atoms with Crippen LogP contribution in [0.15, 0.2) is 85.5 Å². The molecule has 0 nitrogen and oxygen atoms in total. The predicted octanol–water partition coefficient (Wildman–Crippen LogP) is 7.44. The molecule has 0 N–H and O–H groups in total. The summed E-state index contributed by atoms with van der Waals surface area (Å²) in [5, 5.41) is 1.12. The van der Waals surface area contributed by atoms with Crippen LogP contribution in [0.3, 0.4) is 0 Å². The highest BCUT2D eigenvalue weighted by molar-refractivity contribution is 5.84. The quantitative estimate of drug-likeness (QED) is 0.241. The lowest BCUT2D eigenvalue weighted by molar-refractivity contribution is 0.511. The number of fused-ring (bicyclic) bond motifs is 1. The first-order valence-electron chi connectivity index (χ1n) is 9.94. The molecule has 4 rings (SSSR count). The highest BCUT2D eigenvalue weighted by atomic mass is 19.2. The van der Waals surface area contributed by atoms with Crippen LogP contribution in [-0.4, -0.2) is 0 Å². The first kappa shape index (κ1) is 20.5. The number of allylic oxidation sites excluding steroid dienone is 1. The maximum Gasteiger partial charge on any atom is 0.159 e. The van der Waals surface area contributed by atoms with Crippen LogP contribution in [0.2, 0.25) is 0 Å². The second-order valence-electron chi connectivity index (χ2n) is 7.30. The third kappa shape index (κ3) is 4.70. The third-order valence-electron chi connectivity index (χ3n) is 5.11. The summed E-state index contributed by atoms with van der Waals surface area (Å²) in [4.78, 5) is 0. The minimum Gasteiger partial charge on any atom is -0.206 e. The van der Waals surface area contributed by atoms with Crippen LogP contribution in [0.5, 0.6) is 0 Å². The number of halogens is 3. The van der Waals surface area contributed by atoms with Crippen molar-refractivity contribution in [1.82, 2.24) is 0 Å². The minimum atomic E-state index is -0.909. The molecule has 3 heteroatoms. The zero-order valence-electron chi connectivity index (χ0n) is 16.8. The first-order valence-corrected chi connectivity index (χ1v) is 9.94. The van der Waals surface area contributed by atoms with Gasteiger partial charge in [-0.25, -0.2) is 13.2 Å². The maximum atomic E-state index is 14.6. The number of benzene rings is 4. The van der Waals surface area contributed by atoms with Crippen LogP contribution in [0.1, 0.15) is 23.1 Å². The molecule has 152 valence electrons. The molecule has 0 fully saturated rings. The van der Waals surface area contributed by atoms with Gasteiger partial charge in [0.1, 0.15) is 5.82 Å². The zero-order valence-corrected chi connectivity index (χ0v) is 16.8. The summed E-state index contributed by atoms with van der Waals surface area (Å²) >= 11 is 0. The molecule has 4 aromatic carbocycles. The zero-order chi connectivity index (χ0) is 21.8. The van der Waals surface area contributed by atoms with Crippen molar-refractivity contribution in [3.63, 3.8) is 0 Å². The van der Waals surface area contributed by atoms with Gasteiger partial charge in [-0.05, 0) is 76.7 Å². The van der Waals surface area contributed by atoms with Crippen LogP contribution in [0.4, 0.5) is 13.2 Å². The molecule has 0 atom stereocenters. The highest BCUT2D eigenvalue weighted by Crippen LogP contribution is 2.23. The molecule has 0 unspecified atom stereocenters. The Morgan fingerprint density at radius 3 is 2.10 bits per heavy atom. The number of rotatable bonds is 4. The molecule has 0 heterocycles. The monoisotopic (exact) mass is 412 g/mol. The lowest BCUT2D eigenvalue weighted by Gasteiger charge is -2.05. The van der Waals surface area contributed by atoms with Gasteiger partial charge in [0, 0.05) is 5.56 Å². The summed E-state index contributed by atoms with van der Waals surface area (Å²) < 4.78 is 41.4. The Labute approximate surface area is 179 Å². The van der Waals surface area contributed by atoms with Crippen molar-refractivity contribution in [2.45, 2.75) is 12.8 Å². The SMILES string of the molecule is C=CCCc1ccc(-c2ccc(C#Cc3ccc4cc(F)c(F)cc4c3)c(F)c2)cc1. The summed E-state index contributed by atoms with van der Waals surface area (Å²) in [5.41, 5.74) is 3.80. The second-order valence-corrected chi connectivity index (χ2v) is 7.30. The van der Waals surface area contributed by atoms with Crippen molar-refractivity contribution in [3.05, 3.63) is 120 Å². The molecule has 0 saturated carbocycles. The normalized spacial score (nSPS) is 10.5. The van der Waals surface area contributed by atoms with E-state index in [-0.39, 0.29) is 5.56 Å². The van der Waals surface area contributed by atoms with E-state index in [1.807, 2.05) is 36.4 Å². The van der Waals surface area contributed by atoms with Crippen molar-refractivity contribution in [2.24, 2.45) is 0 Å². The number of hydrogen-bond acceptors (Lipinski definition) is 0. The number of aryl methyl sites for hydroxylation is 1. The number of hydrogen-bond donors (Lipinski definition) is 0. The van der Waals surface area contributed by atoms with Crippen molar-refractivity contribution in [3.8, 4) is 23.0 Å². The molecule has 31 heavy (non-hydrogen) atoms. The molecular formula is C28H19F3. The highest BCUT2D eigenvalue weighted by Gasteiger charge is 2.06. The molecule has 0 aliphatic carbocycles. The lowest BCUT2D eigenvalue weighted by atomic mass is 10.0. The van der Waals surface area contributed by atoms with Crippen LogP contribution in [-0.2, 0) is 6.42 Å². The van der Waals surface area contributed by atoms with Crippen molar-refractivity contribution < 1.29 is 13.2 Å².